The average Bonchev–Trinajstić information content (AvgIpc) is 3.07. The van der Waals surface area contributed by atoms with E-state index in [1.807, 2.05) is 64.1 Å². The number of nitriles is 1. The SMILES string of the molecule is C=C(/C=C1/C(=O)C(c2c(C)[nH]c3ccccc23)=C1O)C(C)(C)c1cc(C#N)ccc1C. The highest BCUT2D eigenvalue weighted by Crippen LogP contribution is 2.43. The van der Waals surface area contributed by atoms with Crippen LogP contribution in [0.25, 0.3) is 16.5 Å². The molecule has 1 aromatic heterocycles. The third-order valence-corrected chi connectivity index (χ3v) is 6.27. The van der Waals surface area contributed by atoms with Crippen molar-refractivity contribution in [2.45, 2.75) is 33.1 Å². The van der Waals surface area contributed by atoms with Crippen molar-refractivity contribution in [1.29, 1.82) is 5.26 Å². The van der Waals surface area contributed by atoms with Crippen molar-refractivity contribution in [3.8, 4) is 6.07 Å². The van der Waals surface area contributed by atoms with Crippen molar-refractivity contribution in [1.82, 2.24) is 4.98 Å². The zero-order chi connectivity index (χ0) is 22.5. The number of ketones is 1. The van der Waals surface area contributed by atoms with Crippen LogP contribution in [0.4, 0.5) is 0 Å². The summed E-state index contributed by atoms with van der Waals surface area (Å²) < 4.78 is 0. The summed E-state index contributed by atoms with van der Waals surface area (Å²) in [6, 6.07) is 15.5. The quantitative estimate of drug-likeness (QED) is 0.522. The minimum atomic E-state index is -0.517. The summed E-state index contributed by atoms with van der Waals surface area (Å²) in [5.41, 5.74) is 5.89. The molecule has 0 bridgehead atoms. The Kier molecular flexibility index (Phi) is 4.71. The molecule has 2 aromatic carbocycles. The van der Waals surface area contributed by atoms with Crippen molar-refractivity contribution < 1.29 is 9.90 Å². The molecular weight excluding hydrogens is 384 g/mol. The van der Waals surface area contributed by atoms with E-state index >= 15 is 0 Å². The molecule has 154 valence electrons. The topological polar surface area (TPSA) is 76.9 Å². The van der Waals surface area contributed by atoms with Crippen LogP contribution in [-0.4, -0.2) is 15.9 Å². The largest absolute Gasteiger partial charge is 0.506 e. The Labute approximate surface area is 181 Å². The molecule has 0 saturated carbocycles. The Morgan fingerprint density at radius 2 is 1.90 bits per heavy atom. The van der Waals surface area contributed by atoms with E-state index in [9.17, 15) is 15.2 Å². The first kappa shape index (κ1) is 20.4. The van der Waals surface area contributed by atoms with E-state index in [1.165, 1.54) is 0 Å². The predicted molar refractivity (Wildman–Crippen MR) is 124 cm³/mol. The Bertz CT molecular complexity index is 1370. The van der Waals surface area contributed by atoms with Gasteiger partial charge in [0.05, 0.1) is 22.8 Å². The van der Waals surface area contributed by atoms with E-state index < -0.39 is 5.41 Å². The van der Waals surface area contributed by atoms with E-state index in [2.05, 4.69) is 17.6 Å². The second-order valence-corrected chi connectivity index (χ2v) is 8.57. The molecule has 0 aliphatic heterocycles. The monoisotopic (exact) mass is 408 g/mol. The molecule has 0 unspecified atom stereocenters. The summed E-state index contributed by atoms with van der Waals surface area (Å²) in [4.78, 5) is 16.3. The Hall–Kier alpha value is -3.84. The molecule has 0 atom stereocenters. The molecular formula is C27H24N2O2. The van der Waals surface area contributed by atoms with Gasteiger partial charge in [0.2, 0.25) is 5.78 Å². The van der Waals surface area contributed by atoms with Gasteiger partial charge in [-0.05, 0) is 54.8 Å². The van der Waals surface area contributed by atoms with Gasteiger partial charge < -0.3 is 10.1 Å². The molecule has 4 heteroatoms. The number of carbonyl (C=O) groups is 1. The highest BCUT2D eigenvalue weighted by atomic mass is 16.3. The Morgan fingerprint density at radius 3 is 2.58 bits per heavy atom. The molecule has 1 aliphatic carbocycles. The Balaban J connectivity index is 1.74. The molecule has 4 nitrogen and oxygen atoms in total. The van der Waals surface area contributed by atoms with E-state index in [-0.39, 0.29) is 17.1 Å². The van der Waals surface area contributed by atoms with Gasteiger partial charge in [-0.3, -0.25) is 4.79 Å². The third kappa shape index (κ3) is 3.10. The number of aromatic nitrogens is 1. The maximum absolute atomic E-state index is 13.0. The number of aromatic amines is 1. The van der Waals surface area contributed by atoms with Gasteiger partial charge in [0, 0.05) is 27.6 Å². The van der Waals surface area contributed by atoms with Gasteiger partial charge in [-0.1, -0.05) is 44.7 Å². The molecule has 0 amide bonds. The fourth-order valence-electron chi connectivity index (χ4n) is 4.28. The highest BCUT2D eigenvalue weighted by molar-refractivity contribution is 6.40. The maximum Gasteiger partial charge on any atom is 0.201 e. The number of carbonyl (C=O) groups excluding carboxylic acids is 1. The summed E-state index contributed by atoms with van der Waals surface area (Å²) in [6.45, 7) is 12.1. The van der Waals surface area contributed by atoms with Crippen LogP contribution in [0.3, 0.4) is 0 Å². The first-order valence-electron chi connectivity index (χ1n) is 10.1. The number of Topliss-reactive ketones (excluding diaryl/α,β-unsaturated/α-hetero) is 1. The number of benzene rings is 2. The standard InChI is InChI=1S/C27H24N2O2/c1-15-10-11-18(14-28)13-21(15)27(4,5)16(2)12-20-25(30)24(26(20)31)23-17(3)29-22-9-7-6-8-19(22)23/h6-13,29-30H,2H2,1,3-5H3/b20-12+. The van der Waals surface area contributed by atoms with Crippen LogP contribution in [0, 0.1) is 25.2 Å². The van der Waals surface area contributed by atoms with Crippen LogP contribution >= 0.6 is 0 Å². The summed E-state index contributed by atoms with van der Waals surface area (Å²) in [6.07, 6.45) is 1.67. The minimum absolute atomic E-state index is 0.00250. The number of para-hydroxylation sites is 1. The van der Waals surface area contributed by atoms with Gasteiger partial charge in [-0.15, -0.1) is 0 Å². The lowest BCUT2D eigenvalue weighted by Gasteiger charge is -2.30. The first-order valence-corrected chi connectivity index (χ1v) is 10.1. The average molecular weight is 409 g/mol. The van der Waals surface area contributed by atoms with Crippen LogP contribution in [0.15, 0.2) is 72.0 Å². The molecule has 0 saturated heterocycles. The number of hydrogen-bond donors (Lipinski definition) is 2. The smallest absolute Gasteiger partial charge is 0.201 e. The number of rotatable bonds is 4. The number of aliphatic hydroxyl groups is 1. The molecule has 2 N–H and O–H groups in total. The zero-order valence-corrected chi connectivity index (χ0v) is 18.1. The maximum atomic E-state index is 13.0. The van der Waals surface area contributed by atoms with Crippen molar-refractivity contribution in [2.75, 3.05) is 0 Å². The summed E-state index contributed by atoms with van der Waals surface area (Å²) in [5.74, 6) is -0.192. The number of hydrogen-bond acceptors (Lipinski definition) is 3. The normalized spacial score (nSPS) is 15.3. The fraction of sp³-hybridized carbons (Fsp3) is 0.185. The van der Waals surface area contributed by atoms with Crippen molar-refractivity contribution in [3.63, 3.8) is 0 Å². The fourth-order valence-corrected chi connectivity index (χ4v) is 4.28. The number of H-pyrrole nitrogens is 1. The molecule has 0 fully saturated rings. The first-order chi connectivity index (χ1) is 14.7. The summed E-state index contributed by atoms with van der Waals surface area (Å²) >= 11 is 0. The van der Waals surface area contributed by atoms with Gasteiger partial charge in [-0.2, -0.15) is 5.26 Å². The van der Waals surface area contributed by atoms with Crippen LogP contribution in [0.5, 0.6) is 0 Å². The molecule has 0 radical (unpaired) electrons. The lowest BCUT2D eigenvalue weighted by atomic mass is 9.73. The number of nitrogens with one attached hydrogen (secondary N) is 1. The second-order valence-electron chi connectivity index (χ2n) is 8.57. The molecule has 1 heterocycles. The number of aliphatic hydroxyl groups excluding tert-OH is 1. The predicted octanol–water partition coefficient (Wildman–Crippen LogP) is 5.97. The molecule has 0 spiro atoms. The van der Waals surface area contributed by atoms with E-state index in [0.29, 0.717) is 16.7 Å². The van der Waals surface area contributed by atoms with Gasteiger partial charge >= 0.3 is 0 Å². The molecule has 4 rings (SSSR count). The second kappa shape index (κ2) is 7.14. The van der Waals surface area contributed by atoms with Crippen molar-refractivity contribution in [2.24, 2.45) is 0 Å². The lowest BCUT2D eigenvalue weighted by Crippen LogP contribution is -2.25. The zero-order valence-electron chi connectivity index (χ0n) is 18.1. The highest BCUT2D eigenvalue weighted by Gasteiger charge is 2.38. The van der Waals surface area contributed by atoms with Crippen LogP contribution in [-0.2, 0) is 10.2 Å². The number of allylic oxidation sites excluding steroid dienone is 4. The van der Waals surface area contributed by atoms with Crippen LogP contribution < -0.4 is 0 Å². The third-order valence-electron chi connectivity index (χ3n) is 6.27. The molecule has 1 aliphatic rings. The lowest BCUT2D eigenvalue weighted by molar-refractivity contribution is -0.111. The summed E-state index contributed by atoms with van der Waals surface area (Å²) in [7, 11) is 0. The van der Waals surface area contributed by atoms with Crippen molar-refractivity contribution in [3.05, 3.63) is 100.0 Å². The van der Waals surface area contributed by atoms with E-state index in [4.69, 9.17) is 0 Å². The van der Waals surface area contributed by atoms with Crippen LogP contribution in [0.1, 0.15) is 41.8 Å². The minimum Gasteiger partial charge on any atom is -0.506 e. The van der Waals surface area contributed by atoms with E-state index in [1.54, 1.807) is 12.1 Å². The van der Waals surface area contributed by atoms with E-state index in [0.717, 1.165) is 33.3 Å². The number of nitrogens with zero attached hydrogens (tertiary/aromatic N) is 1. The Morgan fingerprint density at radius 1 is 1.19 bits per heavy atom. The van der Waals surface area contributed by atoms with Crippen molar-refractivity contribution >= 4 is 22.3 Å². The van der Waals surface area contributed by atoms with Gasteiger partial charge in [0.15, 0.2) is 0 Å². The van der Waals surface area contributed by atoms with Crippen LogP contribution in [0.2, 0.25) is 0 Å². The number of aryl methyl sites for hydroxylation is 2. The molecule has 31 heavy (non-hydrogen) atoms. The van der Waals surface area contributed by atoms with Gasteiger partial charge in [-0.25, -0.2) is 0 Å². The summed E-state index contributed by atoms with van der Waals surface area (Å²) in [5, 5.41) is 21.0. The van der Waals surface area contributed by atoms with Gasteiger partial charge in [0.1, 0.15) is 5.76 Å². The molecule has 3 aromatic rings. The number of fused-ring (bicyclic) bond motifs is 1. The van der Waals surface area contributed by atoms with Gasteiger partial charge in [0.25, 0.3) is 0 Å².